The Morgan fingerprint density at radius 2 is 1.78 bits per heavy atom. The lowest BCUT2D eigenvalue weighted by molar-refractivity contribution is -0.139. The van der Waals surface area contributed by atoms with Crippen molar-refractivity contribution in [2.75, 3.05) is 19.6 Å². The summed E-state index contributed by atoms with van der Waals surface area (Å²) in [6.07, 6.45) is 14.8. The molecule has 0 radical (unpaired) electrons. The highest BCUT2D eigenvalue weighted by Crippen LogP contribution is 2.34. The van der Waals surface area contributed by atoms with Crippen LogP contribution in [-0.2, 0) is 4.79 Å². The van der Waals surface area contributed by atoms with E-state index in [0.717, 1.165) is 37.8 Å². The van der Waals surface area contributed by atoms with Crippen LogP contribution in [0.3, 0.4) is 0 Å². The summed E-state index contributed by atoms with van der Waals surface area (Å²) in [4.78, 5) is 13.3. The fraction of sp³-hybridized carbons (Fsp3) is 0.947. The normalized spacial score (nSPS) is 28.7. The SMILES string of the molecule is O=C(O)CN(CC1CC1)C1CC(NCCCC2CCCCC2)C1. The molecule has 0 amide bonds. The summed E-state index contributed by atoms with van der Waals surface area (Å²) in [5, 5.41) is 12.8. The quantitative estimate of drug-likeness (QED) is 0.606. The zero-order valence-corrected chi connectivity index (χ0v) is 14.5. The van der Waals surface area contributed by atoms with Gasteiger partial charge >= 0.3 is 5.97 Å². The zero-order chi connectivity index (χ0) is 16.1. The molecule has 0 unspecified atom stereocenters. The molecule has 0 heterocycles. The monoisotopic (exact) mass is 322 g/mol. The van der Waals surface area contributed by atoms with E-state index in [1.165, 1.54) is 57.8 Å². The number of nitrogens with one attached hydrogen (secondary N) is 1. The maximum absolute atomic E-state index is 11.0. The van der Waals surface area contributed by atoms with E-state index in [2.05, 4.69) is 10.2 Å². The molecule has 3 fully saturated rings. The van der Waals surface area contributed by atoms with Gasteiger partial charge in [-0.15, -0.1) is 0 Å². The van der Waals surface area contributed by atoms with Gasteiger partial charge in [-0.3, -0.25) is 9.69 Å². The van der Waals surface area contributed by atoms with Gasteiger partial charge in [0.25, 0.3) is 0 Å². The Labute approximate surface area is 141 Å². The average molecular weight is 322 g/mol. The first-order valence-corrected chi connectivity index (χ1v) is 9.90. The molecule has 0 atom stereocenters. The molecule has 4 heteroatoms. The Morgan fingerprint density at radius 3 is 2.43 bits per heavy atom. The van der Waals surface area contributed by atoms with E-state index < -0.39 is 5.97 Å². The predicted octanol–water partition coefficient (Wildman–Crippen LogP) is 3.26. The molecule has 23 heavy (non-hydrogen) atoms. The van der Waals surface area contributed by atoms with E-state index in [9.17, 15) is 4.79 Å². The molecule has 4 nitrogen and oxygen atoms in total. The molecule has 3 saturated carbocycles. The van der Waals surface area contributed by atoms with E-state index in [-0.39, 0.29) is 6.54 Å². The number of hydrogen-bond donors (Lipinski definition) is 2. The second-order valence-corrected chi connectivity index (χ2v) is 8.19. The highest BCUT2D eigenvalue weighted by Gasteiger charge is 2.36. The number of carbonyl (C=O) groups is 1. The van der Waals surface area contributed by atoms with Gasteiger partial charge in [0.05, 0.1) is 6.54 Å². The van der Waals surface area contributed by atoms with Gasteiger partial charge in [-0.2, -0.15) is 0 Å². The molecule has 0 aromatic heterocycles. The van der Waals surface area contributed by atoms with Crippen LogP contribution in [0.15, 0.2) is 0 Å². The van der Waals surface area contributed by atoms with Crippen molar-refractivity contribution in [2.24, 2.45) is 11.8 Å². The van der Waals surface area contributed by atoms with E-state index in [1.807, 2.05) is 0 Å². The van der Waals surface area contributed by atoms with Gasteiger partial charge in [0.2, 0.25) is 0 Å². The standard InChI is InChI=1S/C19H34N2O2/c22-19(23)14-21(13-16-8-9-16)18-11-17(12-18)20-10-4-7-15-5-2-1-3-6-15/h15-18,20H,1-14H2,(H,22,23). The predicted molar refractivity (Wildman–Crippen MR) is 92.6 cm³/mol. The molecule has 2 N–H and O–H groups in total. The molecule has 0 bridgehead atoms. The van der Waals surface area contributed by atoms with E-state index in [4.69, 9.17) is 5.11 Å². The summed E-state index contributed by atoms with van der Waals surface area (Å²) in [5.41, 5.74) is 0. The Morgan fingerprint density at radius 1 is 1.04 bits per heavy atom. The van der Waals surface area contributed by atoms with Gasteiger partial charge in [-0.25, -0.2) is 0 Å². The van der Waals surface area contributed by atoms with Crippen molar-refractivity contribution in [1.29, 1.82) is 0 Å². The number of aliphatic carboxylic acids is 1. The van der Waals surface area contributed by atoms with Crippen LogP contribution in [-0.4, -0.2) is 47.7 Å². The molecule has 3 aliphatic carbocycles. The first-order valence-electron chi connectivity index (χ1n) is 9.90. The largest absolute Gasteiger partial charge is 0.480 e. The highest BCUT2D eigenvalue weighted by molar-refractivity contribution is 5.69. The molecule has 0 aliphatic heterocycles. The molecule has 132 valence electrons. The summed E-state index contributed by atoms with van der Waals surface area (Å²) < 4.78 is 0. The average Bonchev–Trinajstić information content (AvgIpc) is 3.29. The third-order valence-corrected chi connectivity index (χ3v) is 6.10. The summed E-state index contributed by atoms with van der Waals surface area (Å²) >= 11 is 0. The molecule has 0 aromatic rings. The van der Waals surface area contributed by atoms with Crippen LogP contribution >= 0.6 is 0 Å². The van der Waals surface area contributed by atoms with Gasteiger partial charge in [-0.1, -0.05) is 32.1 Å². The zero-order valence-electron chi connectivity index (χ0n) is 14.5. The molecule has 3 rings (SSSR count). The summed E-state index contributed by atoms with van der Waals surface area (Å²) in [7, 11) is 0. The highest BCUT2D eigenvalue weighted by atomic mass is 16.4. The van der Waals surface area contributed by atoms with Gasteiger partial charge in [-0.05, 0) is 56.9 Å². The van der Waals surface area contributed by atoms with Gasteiger partial charge in [0.15, 0.2) is 0 Å². The minimum absolute atomic E-state index is 0.232. The summed E-state index contributed by atoms with van der Waals surface area (Å²) in [6.45, 7) is 2.39. The van der Waals surface area contributed by atoms with Gasteiger partial charge in [0, 0.05) is 18.6 Å². The lowest BCUT2D eigenvalue weighted by Crippen LogP contribution is -2.54. The first kappa shape index (κ1) is 17.2. The number of carboxylic acid groups (broad SMARTS) is 1. The molecule has 0 spiro atoms. The van der Waals surface area contributed by atoms with E-state index in [0.29, 0.717) is 12.1 Å². The Kier molecular flexibility index (Phi) is 6.35. The van der Waals surface area contributed by atoms with E-state index in [1.54, 1.807) is 0 Å². The van der Waals surface area contributed by atoms with Gasteiger partial charge in [0.1, 0.15) is 0 Å². The Bertz CT molecular complexity index is 372. The van der Waals surface area contributed by atoms with Crippen molar-refractivity contribution >= 4 is 5.97 Å². The minimum Gasteiger partial charge on any atom is -0.480 e. The van der Waals surface area contributed by atoms with Crippen molar-refractivity contribution < 1.29 is 9.90 Å². The maximum atomic E-state index is 11.0. The summed E-state index contributed by atoms with van der Waals surface area (Å²) in [5.74, 6) is 1.09. The van der Waals surface area contributed by atoms with Crippen LogP contribution in [0, 0.1) is 11.8 Å². The third-order valence-electron chi connectivity index (χ3n) is 6.10. The number of rotatable bonds is 10. The van der Waals surface area contributed by atoms with Gasteiger partial charge < -0.3 is 10.4 Å². The van der Waals surface area contributed by atoms with Crippen molar-refractivity contribution in [2.45, 2.75) is 82.7 Å². The Balaban J connectivity index is 1.26. The van der Waals surface area contributed by atoms with Crippen LogP contribution in [0.1, 0.15) is 70.6 Å². The fourth-order valence-corrected chi connectivity index (χ4v) is 4.37. The van der Waals surface area contributed by atoms with Crippen molar-refractivity contribution in [3.63, 3.8) is 0 Å². The van der Waals surface area contributed by atoms with E-state index >= 15 is 0 Å². The van der Waals surface area contributed by atoms with Crippen LogP contribution in [0.4, 0.5) is 0 Å². The number of hydrogen-bond acceptors (Lipinski definition) is 3. The second kappa shape index (κ2) is 8.48. The van der Waals surface area contributed by atoms with Crippen molar-refractivity contribution in [3.05, 3.63) is 0 Å². The number of nitrogens with zero attached hydrogens (tertiary/aromatic N) is 1. The second-order valence-electron chi connectivity index (χ2n) is 8.19. The molecule has 0 saturated heterocycles. The lowest BCUT2D eigenvalue weighted by atomic mass is 9.84. The summed E-state index contributed by atoms with van der Waals surface area (Å²) in [6, 6.07) is 1.13. The van der Waals surface area contributed by atoms with Crippen LogP contribution in [0.5, 0.6) is 0 Å². The fourth-order valence-electron chi connectivity index (χ4n) is 4.37. The molecule has 0 aromatic carbocycles. The lowest BCUT2D eigenvalue weighted by Gasteiger charge is -2.43. The van der Waals surface area contributed by atoms with Crippen LogP contribution in [0.25, 0.3) is 0 Å². The first-order chi connectivity index (χ1) is 11.2. The molecule has 3 aliphatic rings. The van der Waals surface area contributed by atoms with Crippen LogP contribution < -0.4 is 5.32 Å². The number of carboxylic acids is 1. The topological polar surface area (TPSA) is 52.6 Å². The van der Waals surface area contributed by atoms with Crippen LogP contribution in [0.2, 0.25) is 0 Å². The smallest absolute Gasteiger partial charge is 0.317 e. The molecular weight excluding hydrogens is 288 g/mol. The van der Waals surface area contributed by atoms with Crippen molar-refractivity contribution in [3.8, 4) is 0 Å². The molecular formula is C19H34N2O2. The minimum atomic E-state index is -0.672. The third kappa shape index (κ3) is 5.75. The Hall–Kier alpha value is -0.610. The van der Waals surface area contributed by atoms with Crippen molar-refractivity contribution in [1.82, 2.24) is 10.2 Å². The maximum Gasteiger partial charge on any atom is 0.317 e.